The molecule has 1 aromatic carbocycles. The van der Waals surface area contributed by atoms with E-state index in [1.54, 1.807) is 0 Å². The summed E-state index contributed by atoms with van der Waals surface area (Å²) in [6, 6.07) is 5.73. The summed E-state index contributed by atoms with van der Waals surface area (Å²) in [5.74, 6) is 0.454. The smallest absolute Gasteiger partial charge is 0.284 e. The number of carbonyl (C=O) groups is 1. The molecule has 0 bridgehead atoms. The summed E-state index contributed by atoms with van der Waals surface area (Å²) < 4.78 is 7.84. The maximum absolute atomic E-state index is 12.3. The van der Waals surface area contributed by atoms with E-state index < -0.39 is 0 Å². The molecule has 0 amide bonds. The molecule has 5 heteroatoms. The van der Waals surface area contributed by atoms with Crippen molar-refractivity contribution in [2.75, 3.05) is 6.61 Å². The molecule has 0 saturated carbocycles. The Morgan fingerprint density at radius 3 is 2.77 bits per heavy atom. The number of halogens is 1. The van der Waals surface area contributed by atoms with Crippen molar-refractivity contribution in [1.82, 2.24) is 9.78 Å². The fraction of sp³-hybridized carbons (Fsp3) is 0.294. The first-order valence-electron chi connectivity index (χ1n) is 7.02. The lowest BCUT2D eigenvalue weighted by Crippen LogP contribution is -2.22. The second-order valence-corrected chi connectivity index (χ2v) is 6.02. The lowest BCUT2D eigenvalue weighted by molar-refractivity contribution is 0.0817. The SMILES string of the molecule is C=CCc1c(C)nn(C(=O)COc2ccc(C)cc2Br)c1C. The van der Waals surface area contributed by atoms with Crippen molar-refractivity contribution < 1.29 is 9.53 Å². The molecule has 0 N–H and O–H groups in total. The molecule has 4 nitrogen and oxygen atoms in total. The zero-order chi connectivity index (χ0) is 16.3. The Bertz CT molecular complexity index is 720. The fourth-order valence-corrected chi connectivity index (χ4v) is 2.89. The minimum atomic E-state index is -0.191. The molecule has 0 aliphatic carbocycles. The number of allylic oxidation sites excluding steroid dienone is 1. The van der Waals surface area contributed by atoms with E-state index in [0.717, 1.165) is 27.0 Å². The average Bonchev–Trinajstić information content (AvgIpc) is 2.74. The van der Waals surface area contributed by atoms with Crippen molar-refractivity contribution in [2.45, 2.75) is 27.2 Å². The molecule has 1 heterocycles. The number of aromatic nitrogens is 2. The summed E-state index contributed by atoms with van der Waals surface area (Å²) in [7, 11) is 0. The second-order valence-electron chi connectivity index (χ2n) is 5.17. The van der Waals surface area contributed by atoms with E-state index in [9.17, 15) is 4.79 Å². The molecule has 1 aromatic heterocycles. The van der Waals surface area contributed by atoms with Gasteiger partial charge in [0.1, 0.15) is 5.75 Å². The number of ether oxygens (including phenoxy) is 1. The topological polar surface area (TPSA) is 44.1 Å². The van der Waals surface area contributed by atoms with Crippen molar-refractivity contribution in [1.29, 1.82) is 0 Å². The van der Waals surface area contributed by atoms with Gasteiger partial charge in [0.15, 0.2) is 6.61 Å². The van der Waals surface area contributed by atoms with E-state index in [4.69, 9.17) is 4.74 Å². The summed E-state index contributed by atoms with van der Waals surface area (Å²) in [6.07, 6.45) is 2.51. The van der Waals surface area contributed by atoms with Crippen molar-refractivity contribution >= 4 is 21.8 Å². The molecule has 0 fully saturated rings. The number of nitrogens with zero attached hydrogens (tertiary/aromatic N) is 2. The number of aryl methyl sites for hydroxylation is 2. The van der Waals surface area contributed by atoms with Crippen LogP contribution in [0.2, 0.25) is 0 Å². The van der Waals surface area contributed by atoms with Crippen LogP contribution >= 0.6 is 15.9 Å². The standard InChI is InChI=1S/C17H19BrN2O2/c1-5-6-14-12(3)19-20(13(14)4)17(21)10-22-16-8-7-11(2)9-15(16)18/h5,7-9H,1,6,10H2,2-4H3. The van der Waals surface area contributed by atoms with Gasteiger partial charge in [-0.25, -0.2) is 4.68 Å². The first kappa shape index (κ1) is 16.5. The minimum Gasteiger partial charge on any atom is -0.483 e. The minimum absolute atomic E-state index is 0.0584. The Balaban J connectivity index is 2.13. The quantitative estimate of drug-likeness (QED) is 0.754. The van der Waals surface area contributed by atoms with Gasteiger partial charge in [0.05, 0.1) is 10.2 Å². The normalized spacial score (nSPS) is 10.5. The number of hydrogen-bond acceptors (Lipinski definition) is 3. The van der Waals surface area contributed by atoms with Crippen LogP contribution in [0.4, 0.5) is 0 Å². The Morgan fingerprint density at radius 1 is 1.41 bits per heavy atom. The van der Waals surface area contributed by atoms with Crippen molar-refractivity contribution in [2.24, 2.45) is 0 Å². The molecule has 22 heavy (non-hydrogen) atoms. The van der Waals surface area contributed by atoms with E-state index in [0.29, 0.717) is 12.2 Å². The van der Waals surface area contributed by atoms with Gasteiger partial charge in [0.25, 0.3) is 5.91 Å². The summed E-state index contributed by atoms with van der Waals surface area (Å²) in [5, 5.41) is 4.31. The summed E-state index contributed by atoms with van der Waals surface area (Å²) in [4.78, 5) is 12.3. The zero-order valence-corrected chi connectivity index (χ0v) is 14.6. The van der Waals surface area contributed by atoms with Crippen molar-refractivity contribution in [3.8, 4) is 5.75 Å². The van der Waals surface area contributed by atoms with Gasteiger partial charge < -0.3 is 4.74 Å². The molecule has 2 aromatic rings. The van der Waals surface area contributed by atoms with Crippen LogP contribution in [0.1, 0.15) is 27.3 Å². The molecule has 0 aliphatic rings. The highest BCUT2D eigenvalue weighted by atomic mass is 79.9. The van der Waals surface area contributed by atoms with E-state index in [2.05, 4.69) is 27.6 Å². The zero-order valence-electron chi connectivity index (χ0n) is 13.0. The fourth-order valence-electron chi connectivity index (χ4n) is 2.28. The van der Waals surface area contributed by atoms with Gasteiger partial charge in [-0.3, -0.25) is 4.79 Å². The lowest BCUT2D eigenvalue weighted by atomic mass is 10.1. The maximum atomic E-state index is 12.3. The van der Waals surface area contributed by atoms with Crippen LogP contribution in [-0.2, 0) is 6.42 Å². The highest BCUT2D eigenvalue weighted by molar-refractivity contribution is 9.10. The predicted molar refractivity (Wildman–Crippen MR) is 90.6 cm³/mol. The van der Waals surface area contributed by atoms with Crippen LogP contribution in [0, 0.1) is 20.8 Å². The third kappa shape index (κ3) is 3.47. The monoisotopic (exact) mass is 362 g/mol. The van der Waals surface area contributed by atoms with Crippen LogP contribution in [0.3, 0.4) is 0 Å². The Kier molecular flexibility index (Phi) is 5.19. The van der Waals surface area contributed by atoms with Gasteiger partial charge >= 0.3 is 0 Å². The number of hydrogen-bond donors (Lipinski definition) is 0. The predicted octanol–water partition coefficient (Wildman–Crippen LogP) is 4.02. The van der Waals surface area contributed by atoms with E-state index >= 15 is 0 Å². The Hall–Kier alpha value is -1.88. The van der Waals surface area contributed by atoms with Crippen molar-refractivity contribution in [3.63, 3.8) is 0 Å². The average molecular weight is 363 g/mol. The highest BCUT2D eigenvalue weighted by Crippen LogP contribution is 2.25. The Morgan fingerprint density at radius 2 is 2.14 bits per heavy atom. The van der Waals surface area contributed by atoms with Gasteiger partial charge in [-0.2, -0.15) is 5.10 Å². The molecule has 0 unspecified atom stereocenters. The third-order valence-corrected chi connectivity index (χ3v) is 4.08. The number of rotatable bonds is 5. The van der Waals surface area contributed by atoms with Crippen molar-refractivity contribution in [3.05, 3.63) is 57.8 Å². The number of carbonyl (C=O) groups excluding carboxylic acids is 1. The van der Waals surface area contributed by atoms with Gasteiger partial charge in [-0.1, -0.05) is 12.1 Å². The van der Waals surface area contributed by atoms with Gasteiger partial charge in [-0.05, 0) is 60.8 Å². The summed E-state index contributed by atoms with van der Waals surface area (Å²) in [6.45, 7) is 9.45. The van der Waals surface area contributed by atoms with Crippen LogP contribution < -0.4 is 4.74 Å². The molecule has 0 aliphatic heterocycles. The van der Waals surface area contributed by atoms with Gasteiger partial charge in [0, 0.05) is 11.3 Å². The molecular weight excluding hydrogens is 344 g/mol. The molecule has 0 atom stereocenters. The summed E-state index contributed by atoms with van der Waals surface area (Å²) >= 11 is 3.43. The van der Waals surface area contributed by atoms with E-state index in [-0.39, 0.29) is 12.5 Å². The molecule has 116 valence electrons. The Labute approximate surface area is 138 Å². The molecular formula is C17H19BrN2O2. The van der Waals surface area contributed by atoms with Gasteiger partial charge in [0.2, 0.25) is 0 Å². The van der Waals surface area contributed by atoms with Crippen LogP contribution in [-0.4, -0.2) is 22.3 Å². The van der Waals surface area contributed by atoms with Crippen LogP contribution in [0.5, 0.6) is 5.75 Å². The maximum Gasteiger partial charge on any atom is 0.284 e. The van der Waals surface area contributed by atoms with E-state index in [1.165, 1.54) is 4.68 Å². The molecule has 0 radical (unpaired) electrons. The third-order valence-electron chi connectivity index (χ3n) is 3.46. The largest absolute Gasteiger partial charge is 0.483 e. The van der Waals surface area contributed by atoms with E-state index in [1.807, 2.05) is 45.0 Å². The van der Waals surface area contributed by atoms with Crippen LogP contribution in [0.25, 0.3) is 0 Å². The number of benzene rings is 1. The molecule has 2 rings (SSSR count). The lowest BCUT2D eigenvalue weighted by Gasteiger charge is -2.09. The molecule has 0 spiro atoms. The van der Waals surface area contributed by atoms with Crippen LogP contribution in [0.15, 0.2) is 35.3 Å². The summed E-state index contributed by atoms with van der Waals surface area (Å²) in [5.41, 5.74) is 3.86. The molecule has 0 saturated heterocycles. The first-order chi connectivity index (χ1) is 10.4. The van der Waals surface area contributed by atoms with Gasteiger partial charge in [-0.15, -0.1) is 6.58 Å². The first-order valence-corrected chi connectivity index (χ1v) is 7.81. The second kappa shape index (κ2) is 6.92. The highest BCUT2D eigenvalue weighted by Gasteiger charge is 2.16.